The van der Waals surface area contributed by atoms with Gasteiger partial charge in [0.25, 0.3) is 0 Å². The zero-order valence-electron chi connectivity index (χ0n) is 8.95. The molecule has 0 aliphatic heterocycles. The molecule has 80 valence electrons. The molecule has 4 heteroatoms. The maximum atomic E-state index is 11.0. The van der Waals surface area contributed by atoms with Crippen LogP contribution in [0.4, 0.5) is 4.79 Å². The van der Waals surface area contributed by atoms with Gasteiger partial charge in [-0.3, -0.25) is 0 Å². The zero-order chi connectivity index (χ0) is 11.1. The van der Waals surface area contributed by atoms with Crippen LogP contribution in [-0.4, -0.2) is 18.8 Å². The number of carbonyl (C=O) groups excluding carboxylic acids is 1. The highest BCUT2D eigenvalue weighted by atomic mass is 16.2. The number of aryl methyl sites for hydroxylation is 1. The van der Waals surface area contributed by atoms with Crippen LogP contribution in [0.25, 0.3) is 0 Å². The number of benzene rings is 1. The van der Waals surface area contributed by atoms with Crippen LogP contribution < -0.4 is 10.7 Å². The summed E-state index contributed by atoms with van der Waals surface area (Å²) in [5.74, 6) is 0. The van der Waals surface area contributed by atoms with Crippen LogP contribution in [0.15, 0.2) is 29.4 Å². The molecule has 0 saturated carbocycles. The molecule has 0 unspecified atom stereocenters. The monoisotopic (exact) mass is 205 g/mol. The largest absolute Gasteiger partial charge is 0.337 e. The number of nitrogens with one attached hydrogen (secondary N) is 2. The maximum absolute atomic E-state index is 11.0. The van der Waals surface area contributed by atoms with Gasteiger partial charge in [0.15, 0.2) is 0 Å². The summed E-state index contributed by atoms with van der Waals surface area (Å²) < 4.78 is 0. The Labute approximate surface area is 89.4 Å². The third kappa shape index (κ3) is 4.26. The lowest BCUT2D eigenvalue weighted by Gasteiger charge is -1.99. The molecule has 0 saturated heterocycles. The number of urea groups is 1. The molecule has 0 heterocycles. The van der Waals surface area contributed by atoms with Crippen LogP contribution in [0.1, 0.15) is 18.1 Å². The molecule has 0 radical (unpaired) electrons. The van der Waals surface area contributed by atoms with Gasteiger partial charge in [-0.1, -0.05) is 29.8 Å². The molecule has 1 aromatic rings. The van der Waals surface area contributed by atoms with Crippen LogP contribution in [-0.2, 0) is 0 Å². The Morgan fingerprint density at radius 3 is 2.67 bits per heavy atom. The lowest BCUT2D eigenvalue weighted by molar-refractivity contribution is 0.242. The molecular weight excluding hydrogens is 190 g/mol. The van der Waals surface area contributed by atoms with E-state index in [0.717, 1.165) is 5.56 Å². The van der Waals surface area contributed by atoms with Gasteiger partial charge in [0.1, 0.15) is 0 Å². The third-order valence-corrected chi connectivity index (χ3v) is 1.79. The molecule has 4 nitrogen and oxygen atoms in total. The summed E-state index contributed by atoms with van der Waals surface area (Å²) in [5.41, 5.74) is 4.52. The fourth-order valence-electron chi connectivity index (χ4n) is 1.02. The Hall–Kier alpha value is -1.84. The Bertz CT molecular complexity index is 343. The topological polar surface area (TPSA) is 53.5 Å². The summed E-state index contributed by atoms with van der Waals surface area (Å²) in [6.45, 7) is 4.46. The first-order chi connectivity index (χ1) is 7.22. The normalized spacial score (nSPS) is 10.3. The van der Waals surface area contributed by atoms with Crippen LogP contribution in [0.3, 0.4) is 0 Å². The molecule has 1 aromatic carbocycles. The van der Waals surface area contributed by atoms with Crippen molar-refractivity contribution in [1.82, 2.24) is 10.7 Å². The van der Waals surface area contributed by atoms with Crippen molar-refractivity contribution in [2.75, 3.05) is 6.54 Å². The van der Waals surface area contributed by atoms with Crippen molar-refractivity contribution in [2.45, 2.75) is 13.8 Å². The number of hydrogen-bond acceptors (Lipinski definition) is 2. The van der Waals surface area contributed by atoms with Crippen molar-refractivity contribution in [1.29, 1.82) is 0 Å². The van der Waals surface area contributed by atoms with Crippen LogP contribution in [0.5, 0.6) is 0 Å². The summed E-state index contributed by atoms with van der Waals surface area (Å²) >= 11 is 0. The van der Waals surface area contributed by atoms with E-state index in [0.29, 0.717) is 6.54 Å². The quantitative estimate of drug-likeness (QED) is 0.572. The number of hydrogen-bond donors (Lipinski definition) is 2. The summed E-state index contributed by atoms with van der Waals surface area (Å²) in [6.07, 6.45) is 1.61. The number of rotatable bonds is 3. The van der Waals surface area contributed by atoms with Crippen molar-refractivity contribution < 1.29 is 4.79 Å². The molecule has 15 heavy (non-hydrogen) atoms. The van der Waals surface area contributed by atoms with Crippen LogP contribution >= 0.6 is 0 Å². The van der Waals surface area contributed by atoms with Gasteiger partial charge in [-0.25, -0.2) is 10.2 Å². The van der Waals surface area contributed by atoms with Gasteiger partial charge in [-0.15, -0.1) is 0 Å². The average Bonchev–Trinajstić information content (AvgIpc) is 2.21. The predicted octanol–water partition coefficient (Wildman–Crippen LogP) is 1.65. The molecule has 0 aliphatic carbocycles. The number of carbonyl (C=O) groups is 1. The van der Waals surface area contributed by atoms with Gasteiger partial charge >= 0.3 is 6.03 Å². The highest BCUT2D eigenvalue weighted by molar-refractivity contribution is 5.81. The highest BCUT2D eigenvalue weighted by Gasteiger charge is 1.92. The van der Waals surface area contributed by atoms with Gasteiger partial charge in [0.05, 0.1) is 6.21 Å². The maximum Gasteiger partial charge on any atom is 0.335 e. The molecular formula is C11H15N3O. The second kappa shape index (κ2) is 5.80. The van der Waals surface area contributed by atoms with Gasteiger partial charge in [0.2, 0.25) is 0 Å². The molecule has 0 atom stereocenters. The van der Waals surface area contributed by atoms with Crippen molar-refractivity contribution in [2.24, 2.45) is 5.10 Å². The smallest absolute Gasteiger partial charge is 0.335 e. The molecule has 0 aliphatic rings. The fourth-order valence-corrected chi connectivity index (χ4v) is 1.02. The summed E-state index contributed by atoms with van der Waals surface area (Å²) in [7, 11) is 0. The average molecular weight is 205 g/mol. The molecule has 0 bridgehead atoms. The Morgan fingerprint density at radius 1 is 1.40 bits per heavy atom. The predicted molar refractivity (Wildman–Crippen MR) is 61.0 cm³/mol. The van der Waals surface area contributed by atoms with E-state index in [-0.39, 0.29) is 6.03 Å². The highest BCUT2D eigenvalue weighted by Crippen LogP contribution is 1.99. The first-order valence-corrected chi connectivity index (χ1v) is 4.86. The van der Waals surface area contributed by atoms with Gasteiger partial charge in [-0.2, -0.15) is 5.10 Å². The lowest BCUT2D eigenvalue weighted by Crippen LogP contribution is -2.31. The summed E-state index contributed by atoms with van der Waals surface area (Å²) in [5, 5.41) is 6.38. The first kappa shape index (κ1) is 11.2. The molecule has 0 aromatic heterocycles. The van der Waals surface area contributed by atoms with E-state index in [1.165, 1.54) is 5.56 Å². The second-order valence-electron chi connectivity index (χ2n) is 3.14. The fraction of sp³-hybridized carbons (Fsp3) is 0.273. The van der Waals surface area contributed by atoms with Gasteiger partial charge in [-0.05, 0) is 19.4 Å². The van der Waals surface area contributed by atoms with E-state index in [2.05, 4.69) is 15.8 Å². The summed E-state index contributed by atoms with van der Waals surface area (Å²) in [6, 6.07) is 7.58. The van der Waals surface area contributed by atoms with E-state index in [1.807, 2.05) is 38.1 Å². The third-order valence-electron chi connectivity index (χ3n) is 1.79. The van der Waals surface area contributed by atoms with E-state index in [1.54, 1.807) is 6.21 Å². The first-order valence-electron chi connectivity index (χ1n) is 4.86. The van der Waals surface area contributed by atoms with Gasteiger partial charge < -0.3 is 5.32 Å². The zero-order valence-corrected chi connectivity index (χ0v) is 8.95. The van der Waals surface area contributed by atoms with Crippen molar-refractivity contribution in [3.63, 3.8) is 0 Å². The molecule has 0 spiro atoms. The summed E-state index contributed by atoms with van der Waals surface area (Å²) in [4.78, 5) is 11.0. The SMILES string of the molecule is CCNC(=O)N/N=C/c1ccc(C)cc1. The number of amides is 2. The minimum atomic E-state index is -0.291. The Kier molecular flexibility index (Phi) is 4.34. The lowest BCUT2D eigenvalue weighted by atomic mass is 10.2. The Morgan fingerprint density at radius 2 is 2.07 bits per heavy atom. The van der Waals surface area contributed by atoms with Crippen LogP contribution in [0, 0.1) is 6.92 Å². The molecule has 0 fully saturated rings. The standard InChI is InChI=1S/C11H15N3O/c1-3-12-11(15)14-13-8-10-6-4-9(2)5-7-10/h4-8H,3H2,1-2H3,(H2,12,14,15)/b13-8+. The molecule has 1 rings (SSSR count). The van der Waals surface area contributed by atoms with E-state index >= 15 is 0 Å². The van der Waals surface area contributed by atoms with Crippen molar-refractivity contribution >= 4 is 12.2 Å². The Balaban J connectivity index is 2.44. The van der Waals surface area contributed by atoms with E-state index < -0.39 is 0 Å². The minimum Gasteiger partial charge on any atom is -0.337 e. The van der Waals surface area contributed by atoms with Crippen molar-refractivity contribution in [3.05, 3.63) is 35.4 Å². The van der Waals surface area contributed by atoms with Crippen LogP contribution in [0.2, 0.25) is 0 Å². The number of nitrogens with zero attached hydrogens (tertiary/aromatic N) is 1. The van der Waals surface area contributed by atoms with E-state index in [9.17, 15) is 4.79 Å². The van der Waals surface area contributed by atoms with E-state index in [4.69, 9.17) is 0 Å². The second-order valence-corrected chi connectivity index (χ2v) is 3.14. The minimum absolute atomic E-state index is 0.291. The molecule has 2 N–H and O–H groups in total. The molecule has 2 amide bonds. The van der Waals surface area contributed by atoms with Crippen molar-refractivity contribution in [3.8, 4) is 0 Å². The number of hydrazone groups is 1. The van der Waals surface area contributed by atoms with Gasteiger partial charge in [0, 0.05) is 6.54 Å².